The van der Waals surface area contributed by atoms with E-state index >= 15 is 0 Å². The van der Waals surface area contributed by atoms with E-state index in [1.54, 1.807) is 12.1 Å². The smallest absolute Gasteiger partial charge is 0.240 e. The van der Waals surface area contributed by atoms with Gasteiger partial charge in [-0.15, -0.1) is 0 Å². The van der Waals surface area contributed by atoms with Crippen molar-refractivity contribution in [3.05, 3.63) is 29.8 Å². The molecule has 2 atom stereocenters. The second-order valence-corrected chi connectivity index (χ2v) is 6.72. The van der Waals surface area contributed by atoms with Crippen LogP contribution in [0.25, 0.3) is 0 Å². The SMILES string of the molecule is CC1CC(NS(=O)(=O)c2ccc(CC#N)cc2)CCO1. The maximum atomic E-state index is 12.3. The number of hydrogen-bond acceptors (Lipinski definition) is 4. The van der Waals surface area contributed by atoms with Crippen LogP contribution in [-0.4, -0.2) is 27.2 Å². The fourth-order valence-electron chi connectivity index (χ4n) is 2.27. The summed E-state index contributed by atoms with van der Waals surface area (Å²) in [6.07, 6.45) is 1.74. The maximum Gasteiger partial charge on any atom is 0.240 e. The van der Waals surface area contributed by atoms with Gasteiger partial charge in [-0.25, -0.2) is 13.1 Å². The van der Waals surface area contributed by atoms with E-state index in [-0.39, 0.29) is 23.5 Å². The van der Waals surface area contributed by atoms with Gasteiger partial charge in [-0.1, -0.05) is 12.1 Å². The van der Waals surface area contributed by atoms with Gasteiger partial charge in [0.2, 0.25) is 10.0 Å². The van der Waals surface area contributed by atoms with Crippen molar-refractivity contribution in [2.45, 2.75) is 43.2 Å². The van der Waals surface area contributed by atoms with Gasteiger partial charge in [-0.3, -0.25) is 0 Å². The van der Waals surface area contributed by atoms with Crippen molar-refractivity contribution in [2.24, 2.45) is 0 Å². The summed E-state index contributed by atoms with van der Waals surface area (Å²) in [6, 6.07) is 8.37. The first-order chi connectivity index (χ1) is 9.51. The molecule has 0 aliphatic carbocycles. The number of nitrogens with zero attached hydrogens (tertiary/aromatic N) is 1. The Kier molecular flexibility index (Phi) is 4.76. The second-order valence-electron chi connectivity index (χ2n) is 5.00. The molecular formula is C14H18N2O3S. The number of hydrogen-bond donors (Lipinski definition) is 1. The van der Waals surface area contributed by atoms with Crippen molar-refractivity contribution in [2.75, 3.05) is 6.61 Å². The lowest BCUT2D eigenvalue weighted by molar-refractivity contribution is 0.0173. The molecule has 5 nitrogen and oxygen atoms in total. The Morgan fingerprint density at radius 1 is 1.40 bits per heavy atom. The van der Waals surface area contributed by atoms with Crippen LogP contribution in [-0.2, 0) is 21.2 Å². The zero-order chi connectivity index (χ0) is 14.6. The number of ether oxygens (including phenoxy) is 1. The van der Waals surface area contributed by atoms with Gasteiger partial charge >= 0.3 is 0 Å². The van der Waals surface area contributed by atoms with E-state index in [9.17, 15) is 8.42 Å². The van der Waals surface area contributed by atoms with E-state index in [1.807, 2.05) is 13.0 Å². The summed E-state index contributed by atoms with van der Waals surface area (Å²) in [5.74, 6) is 0. The van der Waals surface area contributed by atoms with Crippen LogP contribution in [0.4, 0.5) is 0 Å². The monoisotopic (exact) mass is 294 g/mol. The van der Waals surface area contributed by atoms with Crippen molar-refractivity contribution in [3.8, 4) is 6.07 Å². The molecule has 0 spiro atoms. The maximum absolute atomic E-state index is 12.3. The van der Waals surface area contributed by atoms with Gasteiger partial charge in [0.1, 0.15) is 0 Å². The largest absolute Gasteiger partial charge is 0.378 e. The van der Waals surface area contributed by atoms with Gasteiger partial charge in [0.05, 0.1) is 23.5 Å². The first kappa shape index (κ1) is 15.0. The Hall–Kier alpha value is -1.42. The molecular weight excluding hydrogens is 276 g/mol. The molecule has 0 aromatic heterocycles. The third-order valence-corrected chi connectivity index (χ3v) is 4.86. The molecule has 2 unspecified atom stereocenters. The number of rotatable bonds is 4. The Balaban J connectivity index is 2.08. The van der Waals surface area contributed by atoms with Crippen molar-refractivity contribution in [1.82, 2.24) is 4.72 Å². The van der Waals surface area contributed by atoms with Crippen molar-refractivity contribution in [3.63, 3.8) is 0 Å². The Morgan fingerprint density at radius 2 is 2.10 bits per heavy atom. The lowest BCUT2D eigenvalue weighted by atomic mass is 10.1. The molecule has 1 saturated heterocycles. The fraction of sp³-hybridized carbons (Fsp3) is 0.500. The lowest BCUT2D eigenvalue weighted by Gasteiger charge is -2.27. The highest BCUT2D eigenvalue weighted by molar-refractivity contribution is 7.89. The van der Waals surface area contributed by atoms with Gasteiger partial charge in [-0.2, -0.15) is 5.26 Å². The van der Waals surface area contributed by atoms with Crippen LogP contribution in [0.3, 0.4) is 0 Å². The summed E-state index contributed by atoms with van der Waals surface area (Å²) >= 11 is 0. The second kappa shape index (κ2) is 6.35. The van der Waals surface area contributed by atoms with E-state index in [0.717, 1.165) is 5.56 Å². The molecule has 2 rings (SSSR count). The third kappa shape index (κ3) is 3.79. The summed E-state index contributed by atoms with van der Waals surface area (Å²) in [5.41, 5.74) is 0.811. The molecule has 1 aromatic carbocycles. The molecule has 0 radical (unpaired) electrons. The highest BCUT2D eigenvalue weighted by Crippen LogP contribution is 2.17. The topological polar surface area (TPSA) is 79.2 Å². The third-order valence-electron chi connectivity index (χ3n) is 3.32. The van der Waals surface area contributed by atoms with Crippen LogP contribution >= 0.6 is 0 Å². The first-order valence-corrected chi connectivity index (χ1v) is 8.09. The first-order valence-electron chi connectivity index (χ1n) is 6.61. The molecule has 108 valence electrons. The molecule has 0 amide bonds. The molecule has 1 aliphatic rings. The molecule has 1 aliphatic heterocycles. The van der Waals surface area contributed by atoms with E-state index < -0.39 is 10.0 Å². The molecule has 1 N–H and O–H groups in total. The normalized spacial score (nSPS) is 23.2. The average molecular weight is 294 g/mol. The predicted molar refractivity (Wildman–Crippen MR) is 74.5 cm³/mol. The number of nitrogens with one attached hydrogen (secondary N) is 1. The van der Waals surface area contributed by atoms with Crippen molar-refractivity contribution in [1.29, 1.82) is 5.26 Å². The van der Waals surface area contributed by atoms with Gasteiger partial charge in [0, 0.05) is 12.6 Å². The average Bonchev–Trinajstić information content (AvgIpc) is 2.39. The Labute approximate surface area is 119 Å². The Bertz CT molecular complexity index is 590. The van der Waals surface area contributed by atoms with Crippen LogP contribution in [0.5, 0.6) is 0 Å². The Morgan fingerprint density at radius 3 is 2.70 bits per heavy atom. The van der Waals surface area contributed by atoms with Gasteiger partial charge in [0.25, 0.3) is 0 Å². The van der Waals surface area contributed by atoms with E-state index in [0.29, 0.717) is 19.4 Å². The molecule has 1 fully saturated rings. The lowest BCUT2D eigenvalue weighted by Crippen LogP contribution is -2.41. The fourth-order valence-corrected chi connectivity index (χ4v) is 3.55. The highest BCUT2D eigenvalue weighted by atomic mass is 32.2. The highest BCUT2D eigenvalue weighted by Gasteiger charge is 2.24. The molecule has 1 heterocycles. The molecule has 0 bridgehead atoms. The quantitative estimate of drug-likeness (QED) is 0.914. The van der Waals surface area contributed by atoms with Crippen LogP contribution in [0.1, 0.15) is 25.3 Å². The van der Waals surface area contributed by atoms with Crippen LogP contribution in [0, 0.1) is 11.3 Å². The van der Waals surface area contributed by atoms with E-state index in [4.69, 9.17) is 10.00 Å². The van der Waals surface area contributed by atoms with Gasteiger partial charge in [0.15, 0.2) is 0 Å². The number of sulfonamides is 1. The van der Waals surface area contributed by atoms with Crippen LogP contribution < -0.4 is 4.72 Å². The minimum absolute atomic E-state index is 0.0782. The van der Waals surface area contributed by atoms with E-state index in [2.05, 4.69) is 4.72 Å². The van der Waals surface area contributed by atoms with Crippen molar-refractivity contribution < 1.29 is 13.2 Å². The summed E-state index contributed by atoms with van der Waals surface area (Å²) in [7, 11) is -3.50. The number of nitriles is 1. The van der Waals surface area contributed by atoms with E-state index in [1.165, 1.54) is 12.1 Å². The molecule has 0 saturated carbocycles. The minimum atomic E-state index is -3.50. The zero-order valence-electron chi connectivity index (χ0n) is 11.4. The summed E-state index contributed by atoms with van der Waals surface area (Å²) in [6.45, 7) is 2.52. The minimum Gasteiger partial charge on any atom is -0.378 e. The molecule has 20 heavy (non-hydrogen) atoms. The predicted octanol–water partition coefficient (Wildman–Crippen LogP) is 1.60. The van der Waals surface area contributed by atoms with Crippen molar-refractivity contribution >= 4 is 10.0 Å². The summed E-state index contributed by atoms with van der Waals surface area (Å²) in [5, 5.41) is 8.60. The van der Waals surface area contributed by atoms with Crippen LogP contribution in [0.15, 0.2) is 29.2 Å². The summed E-state index contributed by atoms with van der Waals surface area (Å²) < 4.78 is 32.6. The van der Waals surface area contributed by atoms with Crippen LogP contribution in [0.2, 0.25) is 0 Å². The molecule has 6 heteroatoms. The zero-order valence-corrected chi connectivity index (χ0v) is 12.2. The number of benzene rings is 1. The molecule has 1 aromatic rings. The van der Waals surface area contributed by atoms with Gasteiger partial charge < -0.3 is 4.74 Å². The standard InChI is InChI=1S/C14H18N2O3S/c1-11-10-13(7-9-19-11)16-20(17,18)14-4-2-12(3-5-14)6-8-15/h2-5,11,13,16H,6-7,9-10H2,1H3. The summed E-state index contributed by atoms with van der Waals surface area (Å²) in [4.78, 5) is 0.235. The van der Waals surface area contributed by atoms with Gasteiger partial charge in [-0.05, 0) is 37.5 Å².